The molecule has 0 saturated heterocycles. The number of aryl methyl sites for hydroxylation is 2. The van der Waals surface area contributed by atoms with Crippen molar-refractivity contribution in [2.45, 2.75) is 27.4 Å². The van der Waals surface area contributed by atoms with Crippen molar-refractivity contribution in [3.63, 3.8) is 0 Å². The molecular weight excluding hydrogens is 368 g/mol. The minimum atomic E-state index is 0.254. The van der Waals surface area contributed by atoms with E-state index in [1.54, 1.807) is 6.07 Å². The molecule has 3 aromatic rings. The van der Waals surface area contributed by atoms with E-state index in [-0.39, 0.29) is 6.61 Å². The number of pyridine rings is 1. The molecule has 3 rings (SSSR count). The van der Waals surface area contributed by atoms with E-state index in [0.717, 1.165) is 31.9 Å². The Labute approximate surface area is 161 Å². The number of aromatic nitrogens is 1. The van der Waals surface area contributed by atoms with Crippen molar-refractivity contribution in [2.24, 2.45) is 10.2 Å². The maximum absolute atomic E-state index is 6.38. The van der Waals surface area contributed by atoms with Gasteiger partial charge in [0.05, 0.1) is 21.2 Å². The summed E-state index contributed by atoms with van der Waals surface area (Å²) in [5, 5.41) is 9.08. The van der Waals surface area contributed by atoms with Gasteiger partial charge in [0.2, 0.25) is 5.90 Å². The zero-order chi connectivity index (χ0) is 18.8. The SMILES string of the molecule is C=N/N=C(\OCc1sc2nc(C)c(C)c(C)c2c1N)c1ccccc1Cl. The Kier molecular flexibility index (Phi) is 5.25. The number of rotatable bonds is 4. The van der Waals surface area contributed by atoms with Crippen LogP contribution in [0.1, 0.15) is 27.3 Å². The number of halogens is 1. The molecule has 0 aliphatic carbocycles. The summed E-state index contributed by atoms with van der Waals surface area (Å²) in [6.45, 7) is 9.79. The molecule has 0 spiro atoms. The molecule has 0 amide bonds. The van der Waals surface area contributed by atoms with E-state index in [0.29, 0.717) is 22.2 Å². The first kappa shape index (κ1) is 18.4. The Bertz CT molecular complexity index is 1030. The van der Waals surface area contributed by atoms with Crippen molar-refractivity contribution in [1.29, 1.82) is 0 Å². The summed E-state index contributed by atoms with van der Waals surface area (Å²) in [5.74, 6) is 0.305. The van der Waals surface area contributed by atoms with Crippen LogP contribution in [0.2, 0.25) is 5.02 Å². The highest BCUT2D eigenvalue weighted by Gasteiger charge is 2.17. The van der Waals surface area contributed by atoms with Gasteiger partial charge in [0.15, 0.2) is 0 Å². The third-order valence-electron chi connectivity index (χ3n) is 4.36. The zero-order valence-electron chi connectivity index (χ0n) is 14.8. The lowest BCUT2D eigenvalue weighted by Gasteiger charge is -2.09. The normalized spacial score (nSPS) is 11.8. The molecule has 0 aliphatic heterocycles. The van der Waals surface area contributed by atoms with Crippen LogP contribution in [0.25, 0.3) is 10.2 Å². The van der Waals surface area contributed by atoms with E-state index < -0.39 is 0 Å². The van der Waals surface area contributed by atoms with Gasteiger partial charge >= 0.3 is 0 Å². The van der Waals surface area contributed by atoms with Gasteiger partial charge in [0.25, 0.3) is 0 Å². The zero-order valence-corrected chi connectivity index (χ0v) is 16.4. The summed E-state index contributed by atoms with van der Waals surface area (Å²) in [6.07, 6.45) is 0. The van der Waals surface area contributed by atoms with Gasteiger partial charge in [-0.25, -0.2) is 4.98 Å². The number of hydrogen-bond acceptors (Lipinski definition) is 6. The van der Waals surface area contributed by atoms with Crippen molar-refractivity contribution in [2.75, 3.05) is 5.73 Å². The van der Waals surface area contributed by atoms with Gasteiger partial charge in [-0.05, 0) is 44.0 Å². The molecule has 0 bridgehead atoms. The lowest BCUT2D eigenvalue weighted by atomic mass is 10.1. The molecule has 0 aliphatic rings. The number of fused-ring (bicyclic) bond motifs is 1. The molecule has 5 nitrogen and oxygen atoms in total. The van der Waals surface area contributed by atoms with Crippen LogP contribution in [0.5, 0.6) is 0 Å². The fraction of sp³-hybridized carbons (Fsp3) is 0.211. The third kappa shape index (κ3) is 3.30. The van der Waals surface area contributed by atoms with Gasteiger partial charge < -0.3 is 10.5 Å². The Morgan fingerprint density at radius 2 is 2.00 bits per heavy atom. The van der Waals surface area contributed by atoms with Crippen LogP contribution in [0.15, 0.2) is 34.5 Å². The maximum atomic E-state index is 6.38. The lowest BCUT2D eigenvalue weighted by molar-refractivity contribution is 0.297. The molecule has 2 heterocycles. The molecule has 26 heavy (non-hydrogen) atoms. The van der Waals surface area contributed by atoms with E-state index in [1.165, 1.54) is 11.3 Å². The Hall–Kier alpha value is -2.44. The van der Waals surface area contributed by atoms with Crippen LogP contribution >= 0.6 is 22.9 Å². The highest BCUT2D eigenvalue weighted by Crippen LogP contribution is 2.37. The number of nitrogen functional groups attached to an aromatic ring is 1. The third-order valence-corrected chi connectivity index (χ3v) is 5.76. The van der Waals surface area contributed by atoms with Crippen molar-refractivity contribution < 1.29 is 4.74 Å². The van der Waals surface area contributed by atoms with Gasteiger partial charge in [-0.15, -0.1) is 16.4 Å². The van der Waals surface area contributed by atoms with E-state index in [1.807, 2.05) is 25.1 Å². The van der Waals surface area contributed by atoms with E-state index in [2.05, 4.69) is 35.8 Å². The summed E-state index contributed by atoms with van der Waals surface area (Å²) in [5.41, 5.74) is 11.0. The summed E-state index contributed by atoms with van der Waals surface area (Å²) in [4.78, 5) is 6.47. The van der Waals surface area contributed by atoms with Crippen LogP contribution in [0.4, 0.5) is 5.69 Å². The predicted molar refractivity (Wildman–Crippen MR) is 111 cm³/mol. The number of ether oxygens (including phenoxy) is 1. The quantitative estimate of drug-likeness (QED) is 0.388. The van der Waals surface area contributed by atoms with Crippen molar-refractivity contribution in [1.82, 2.24) is 4.98 Å². The largest absolute Gasteiger partial charge is 0.470 e. The molecule has 0 fully saturated rings. The second kappa shape index (κ2) is 7.43. The van der Waals surface area contributed by atoms with Crippen molar-refractivity contribution >= 4 is 51.5 Å². The van der Waals surface area contributed by atoms with Gasteiger partial charge in [-0.2, -0.15) is 5.10 Å². The molecule has 0 unspecified atom stereocenters. The molecule has 0 atom stereocenters. The highest BCUT2D eigenvalue weighted by molar-refractivity contribution is 7.19. The first-order chi connectivity index (χ1) is 12.4. The first-order valence-electron chi connectivity index (χ1n) is 8.00. The van der Waals surface area contributed by atoms with Gasteiger partial charge in [-0.3, -0.25) is 0 Å². The number of hydrogen-bond donors (Lipinski definition) is 1. The van der Waals surface area contributed by atoms with Crippen molar-refractivity contribution in [3.8, 4) is 0 Å². The minimum Gasteiger partial charge on any atom is -0.470 e. The topological polar surface area (TPSA) is 72.9 Å². The molecule has 7 heteroatoms. The fourth-order valence-electron chi connectivity index (χ4n) is 2.71. The second-order valence-corrected chi connectivity index (χ2v) is 7.37. The van der Waals surface area contributed by atoms with Crippen LogP contribution in [-0.4, -0.2) is 17.6 Å². The van der Waals surface area contributed by atoms with Crippen LogP contribution in [0.3, 0.4) is 0 Å². The number of anilines is 1. The van der Waals surface area contributed by atoms with E-state index >= 15 is 0 Å². The molecular formula is C19H19ClN4OS. The van der Waals surface area contributed by atoms with Crippen molar-refractivity contribution in [3.05, 3.63) is 56.5 Å². The highest BCUT2D eigenvalue weighted by atomic mass is 35.5. The number of thiophene rings is 1. The summed E-state index contributed by atoms with van der Waals surface area (Å²) in [6, 6.07) is 7.29. The molecule has 2 aromatic heterocycles. The van der Waals surface area contributed by atoms with Gasteiger partial charge in [0.1, 0.15) is 11.4 Å². The average Bonchev–Trinajstić information content (AvgIpc) is 2.93. The smallest absolute Gasteiger partial charge is 0.242 e. The molecule has 2 N–H and O–H groups in total. The lowest BCUT2D eigenvalue weighted by Crippen LogP contribution is -2.07. The summed E-state index contributed by atoms with van der Waals surface area (Å²) in [7, 11) is 0. The Morgan fingerprint density at radius 1 is 1.27 bits per heavy atom. The van der Waals surface area contributed by atoms with Gasteiger partial charge in [0, 0.05) is 17.8 Å². The summed E-state index contributed by atoms with van der Waals surface area (Å²) < 4.78 is 5.88. The fourth-order valence-corrected chi connectivity index (χ4v) is 4.04. The Balaban J connectivity index is 1.95. The van der Waals surface area contributed by atoms with Crippen LogP contribution in [-0.2, 0) is 11.3 Å². The van der Waals surface area contributed by atoms with E-state index in [9.17, 15) is 0 Å². The number of nitrogens with two attached hydrogens (primary N) is 1. The molecule has 134 valence electrons. The Morgan fingerprint density at radius 3 is 2.69 bits per heavy atom. The van der Waals surface area contributed by atoms with E-state index in [4.69, 9.17) is 22.1 Å². The average molecular weight is 387 g/mol. The first-order valence-corrected chi connectivity index (χ1v) is 9.19. The number of benzene rings is 1. The van der Waals surface area contributed by atoms with Crippen LogP contribution in [0, 0.1) is 20.8 Å². The predicted octanol–water partition coefficient (Wildman–Crippen LogP) is 5.04. The van der Waals surface area contributed by atoms with Crippen LogP contribution < -0.4 is 5.73 Å². The molecule has 1 aromatic carbocycles. The molecule has 0 saturated carbocycles. The number of nitrogens with zero attached hydrogens (tertiary/aromatic N) is 3. The monoisotopic (exact) mass is 386 g/mol. The summed E-state index contributed by atoms with van der Waals surface area (Å²) >= 11 is 7.76. The maximum Gasteiger partial charge on any atom is 0.242 e. The standard InChI is InChI=1S/C19H19ClN4OS/c1-10-11(2)16-17(21)15(26-19(16)23-12(10)3)9-25-18(24-22-4)13-7-5-6-8-14(13)20/h5-8H,4,9,21H2,1-3H3/b24-18-. The minimum absolute atomic E-state index is 0.254. The van der Waals surface area contributed by atoms with Gasteiger partial charge in [-0.1, -0.05) is 23.7 Å². The second-order valence-electron chi connectivity index (χ2n) is 5.88. The molecule has 0 radical (unpaired) electrons.